The second-order valence-corrected chi connectivity index (χ2v) is 2.87. The van der Waals surface area contributed by atoms with Gasteiger partial charge in [0.1, 0.15) is 0 Å². The smallest absolute Gasteiger partial charge is 0.176 e. The second kappa shape index (κ2) is 4.01. The molecule has 0 aromatic heterocycles. The predicted octanol–water partition coefficient (Wildman–Crippen LogP) is 2.12. The van der Waals surface area contributed by atoms with Crippen LogP contribution in [0.1, 0.15) is 5.56 Å². The molecule has 0 spiro atoms. The Morgan fingerprint density at radius 3 is 2.85 bits per heavy atom. The lowest BCUT2D eigenvalue weighted by Gasteiger charge is -2.06. The Morgan fingerprint density at radius 2 is 2.31 bits per heavy atom. The van der Waals surface area contributed by atoms with E-state index in [-0.39, 0.29) is 22.9 Å². The highest BCUT2D eigenvalue weighted by atomic mass is 35.5. The predicted molar refractivity (Wildman–Crippen MR) is 49.0 cm³/mol. The Morgan fingerprint density at radius 1 is 1.62 bits per heavy atom. The summed E-state index contributed by atoms with van der Waals surface area (Å²) >= 11 is 5.69. The van der Waals surface area contributed by atoms with E-state index in [1.807, 2.05) is 6.07 Å². The van der Waals surface area contributed by atoms with Crippen LogP contribution in [-0.4, -0.2) is 12.2 Å². The van der Waals surface area contributed by atoms with Crippen molar-refractivity contribution in [2.75, 3.05) is 7.11 Å². The Kier molecular flexibility index (Phi) is 2.99. The van der Waals surface area contributed by atoms with Gasteiger partial charge < -0.3 is 9.84 Å². The third-order valence-corrected chi connectivity index (χ3v) is 1.88. The first-order chi connectivity index (χ1) is 6.19. The summed E-state index contributed by atoms with van der Waals surface area (Å²) in [6.45, 7) is 0. The number of benzene rings is 1. The monoisotopic (exact) mass is 197 g/mol. The van der Waals surface area contributed by atoms with Crippen molar-refractivity contribution in [2.24, 2.45) is 0 Å². The van der Waals surface area contributed by atoms with Crippen molar-refractivity contribution < 1.29 is 9.84 Å². The fraction of sp³-hybridized carbons (Fsp3) is 0.222. The number of nitrogens with zero attached hydrogens (tertiary/aromatic N) is 1. The van der Waals surface area contributed by atoms with Gasteiger partial charge in [0, 0.05) is 0 Å². The Labute approximate surface area is 81.1 Å². The van der Waals surface area contributed by atoms with Gasteiger partial charge in [-0.3, -0.25) is 0 Å². The maximum atomic E-state index is 9.35. The van der Waals surface area contributed by atoms with Crippen LogP contribution in [0, 0.1) is 11.3 Å². The van der Waals surface area contributed by atoms with E-state index < -0.39 is 0 Å². The van der Waals surface area contributed by atoms with Gasteiger partial charge in [-0.2, -0.15) is 5.26 Å². The number of rotatable bonds is 2. The van der Waals surface area contributed by atoms with Gasteiger partial charge in [0.25, 0.3) is 0 Å². The number of ether oxygens (including phenoxy) is 1. The quantitative estimate of drug-likeness (QED) is 0.790. The minimum absolute atomic E-state index is 0.0918. The maximum Gasteiger partial charge on any atom is 0.176 e. The molecular weight excluding hydrogens is 190 g/mol. The number of hydrogen-bond acceptors (Lipinski definition) is 3. The molecule has 0 aliphatic rings. The number of phenolic OH excluding ortho intramolecular Hbond substituents is 1. The van der Waals surface area contributed by atoms with Crippen molar-refractivity contribution in [3.05, 3.63) is 22.7 Å². The van der Waals surface area contributed by atoms with E-state index in [1.165, 1.54) is 7.11 Å². The third-order valence-electron chi connectivity index (χ3n) is 1.59. The van der Waals surface area contributed by atoms with Crippen molar-refractivity contribution in [3.63, 3.8) is 0 Å². The zero-order valence-electron chi connectivity index (χ0n) is 7.04. The highest BCUT2D eigenvalue weighted by molar-refractivity contribution is 6.32. The van der Waals surface area contributed by atoms with E-state index in [0.717, 1.165) is 5.56 Å². The highest BCUT2D eigenvalue weighted by Gasteiger charge is 2.08. The molecule has 1 aromatic carbocycles. The summed E-state index contributed by atoms with van der Waals surface area (Å²) in [6, 6.07) is 5.12. The van der Waals surface area contributed by atoms with E-state index in [2.05, 4.69) is 0 Å². The molecule has 1 aromatic rings. The fourth-order valence-corrected chi connectivity index (χ4v) is 1.21. The summed E-state index contributed by atoms with van der Waals surface area (Å²) < 4.78 is 4.87. The summed E-state index contributed by atoms with van der Waals surface area (Å²) in [5.74, 6) is 0.198. The van der Waals surface area contributed by atoms with Crippen molar-refractivity contribution in [1.29, 1.82) is 5.26 Å². The Bertz CT molecular complexity index is 357. The van der Waals surface area contributed by atoms with E-state index in [0.29, 0.717) is 0 Å². The lowest BCUT2D eigenvalue weighted by Crippen LogP contribution is -1.88. The largest absolute Gasteiger partial charge is 0.503 e. The zero-order valence-corrected chi connectivity index (χ0v) is 7.80. The van der Waals surface area contributed by atoms with Gasteiger partial charge in [0.15, 0.2) is 11.5 Å². The van der Waals surface area contributed by atoms with Gasteiger partial charge in [-0.25, -0.2) is 0 Å². The molecule has 1 N–H and O–H groups in total. The number of hydrogen-bond donors (Lipinski definition) is 1. The van der Waals surface area contributed by atoms with Crippen LogP contribution in [0.25, 0.3) is 0 Å². The molecule has 0 saturated carbocycles. The van der Waals surface area contributed by atoms with E-state index in [9.17, 15) is 5.11 Å². The summed E-state index contributed by atoms with van der Waals surface area (Å²) in [6.07, 6.45) is 0.246. The first-order valence-corrected chi connectivity index (χ1v) is 3.99. The molecule has 1 rings (SSSR count). The van der Waals surface area contributed by atoms with Crippen molar-refractivity contribution >= 4 is 11.6 Å². The van der Waals surface area contributed by atoms with Crippen LogP contribution in [-0.2, 0) is 6.42 Å². The van der Waals surface area contributed by atoms with Gasteiger partial charge >= 0.3 is 0 Å². The topological polar surface area (TPSA) is 53.2 Å². The first kappa shape index (κ1) is 9.69. The molecule has 3 nitrogen and oxygen atoms in total. The van der Waals surface area contributed by atoms with Crippen LogP contribution < -0.4 is 4.74 Å². The number of methoxy groups -OCH3 is 1. The van der Waals surface area contributed by atoms with E-state index in [1.54, 1.807) is 12.1 Å². The van der Waals surface area contributed by atoms with Gasteiger partial charge in [-0.1, -0.05) is 11.6 Å². The molecule has 4 heteroatoms. The zero-order chi connectivity index (χ0) is 9.84. The Hall–Kier alpha value is -1.40. The standard InChI is InChI=1S/C9H8ClNO2/c1-13-8-5-6(2-3-11)4-7(10)9(8)12/h4-5,12H,2H2,1H3. The molecule has 0 radical (unpaired) electrons. The second-order valence-electron chi connectivity index (χ2n) is 2.46. The van der Waals surface area contributed by atoms with Crippen molar-refractivity contribution in [2.45, 2.75) is 6.42 Å². The lowest BCUT2D eigenvalue weighted by molar-refractivity contribution is 0.373. The van der Waals surface area contributed by atoms with Gasteiger partial charge in [-0.15, -0.1) is 0 Å². The molecular formula is C9H8ClNO2. The molecule has 0 heterocycles. The summed E-state index contributed by atoms with van der Waals surface area (Å²) in [4.78, 5) is 0. The maximum absolute atomic E-state index is 9.35. The van der Waals surface area contributed by atoms with Gasteiger partial charge in [0.2, 0.25) is 0 Å². The fourth-order valence-electron chi connectivity index (χ4n) is 0.976. The van der Waals surface area contributed by atoms with Crippen molar-refractivity contribution in [1.82, 2.24) is 0 Å². The van der Waals surface area contributed by atoms with Crippen molar-refractivity contribution in [3.8, 4) is 17.6 Å². The number of nitriles is 1. The van der Waals surface area contributed by atoms with Gasteiger partial charge in [-0.05, 0) is 17.7 Å². The first-order valence-electron chi connectivity index (χ1n) is 3.61. The molecule has 68 valence electrons. The summed E-state index contributed by atoms with van der Waals surface area (Å²) in [5.41, 5.74) is 0.724. The third kappa shape index (κ3) is 2.04. The summed E-state index contributed by atoms with van der Waals surface area (Å²) in [7, 11) is 1.43. The number of halogens is 1. The van der Waals surface area contributed by atoms with Crippen LogP contribution in [0.2, 0.25) is 5.02 Å². The van der Waals surface area contributed by atoms with Crippen LogP contribution in [0.4, 0.5) is 0 Å². The number of phenols is 1. The normalized spacial score (nSPS) is 9.31. The SMILES string of the molecule is COc1cc(CC#N)cc(Cl)c1O. The van der Waals surface area contributed by atoms with E-state index >= 15 is 0 Å². The summed E-state index contributed by atoms with van der Waals surface area (Å²) in [5, 5.41) is 18.0. The molecule has 0 amide bonds. The molecule has 0 aliphatic carbocycles. The highest BCUT2D eigenvalue weighted by Crippen LogP contribution is 2.34. The Balaban J connectivity index is 3.16. The average Bonchev–Trinajstić information content (AvgIpc) is 2.11. The number of aromatic hydroxyl groups is 1. The molecule has 0 bridgehead atoms. The lowest BCUT2D eigenvalue weighted by atomic mass is 10.1. The van der Waals surface area contributed by atoms with Crippen LogP contribution in [0.5, 0.6) is 11.5 Å². The molecule has 13 heavy (non-hydrogen) atoms. The van der Waals surface area contributed by atoms with Crippen LogP contribution in [0.3, 0.4) is 0 Å². The molecule has 0 unspecified atom stereocenters. The average molecular weight is 198 g/mol. The minimum Gasteiger partial charge on any atom is -0.503 e. The van der Waals surface area contributed by atoms with E-state index in [4.69, 9.17) is 21.6 Å². The molecule has 0 saturated heterocycles. The molecule has 0 fully saturated rings. The van der Waals surface area contributed by atoms with Gasteiger partial charge in [0.05, 0.1) is 24.6 Å². The minimum atomic E-state index is -0.0918. The molecule has 0 atom stereocenters. The molecule has 0 aliphatic heterocycles. The van der Waals surface area contributed by atoms with Crippen LogP contribution in [0.15, 0.2) is 12.1 Å². The van der Waals surface area contributed by atoms with Crippen LogP contribution >= 0.6 is 11.6 Å².